The van der Waals surface area contributed by atoms with Crippen LogP contribution in [0.5, 0.6) is 11.5 Å². The number of fused-ring (bicyclic) bond motifs is 2. The lowest BCUT2D eigenvalue weighted by Crippen LogP contribution is -2.23. The summed E-state index contributed by atoms with van der Waals surface area (Å²) in [6, 6.07) is 11.8. The second kappa shape index (κ2) is 10.4. The molecule has 170 valence electrons. The maximum Gasteiger partial charge on any atom is 0.231 e. The third-order valence-electron chi connectivity index (χ3n) is 5.71. The minimum Gasteiger partial charge on any atom is -0.454 e. The van der Waals surface area contributed by atoms with E-state index in [9.17, 15) is 0 Å². The molecule has 0 saturated carbocycles. The minimum atomic E-state index is 0.262. The van der Waals surface area contributed by atoms with E-state index in [2.05, 4.69) is 39.3 Å². The Labute approximate surface area is 189 Å². The number of nitrogens with zero attached hydrogens (tertiary/aromatic N) is 3. The van der Waals surface area contributed by atoms with Crippen molar-refractivity contribution in [1.82, 2.24) is 14.9 Å². The first kappa shape index (κ1) is 22.0. The topological polar surface area (TPSA) is 97.6 Å². The Kier molecular flexibility index (Phi) is 7.11. The summed E-state index contributed by atoms with van der Waals surface area (Å²) in [6.45, 7) is 8.93. The summed E-state index contributed by atoms with van der Waals surface area (Å²) in [6.07, 6.45) is 3.47. The average molecular weight is 437 g/mol. The number of nitrogen functional groups attached to an aromatic ring is 1. The zero-order valence-corrected chi connectivity index (χ0v) is 18.9. The molecule has 0 amide bonds. The van der Waals surface area contributed by atoms with Crippen LogP contribution < -0.4 is 25.8 Å². The molecule has 32 heavy (non-hydrogen) atoms. The zero-order chi connectivity index (χ0) is 22.3. The second-order valence-corrected chi connectivity index (χ2v) is 7.87. The van der Waals surface area contributed by atoms with Gasteiger partial charge < -0.3 is 30.7 Å². The van der Waals surface area contributed by atoms with Gasteiger partial charge in [0.05, 0.1) is 5.52 Å². The van der Waals surface area contributed by atoms with Gasteiger partial charge in [0.2, 0.25) is 12.7 Å². The molecule has 0 atom stereocenters. The van der Waals surface area contributed by atoms with E-state index in [1.807, 2.05) is 36.4 Å². The van der Waals surface area contributed by atoms with Gasteiger partial charge in [-0.25, -0.2) is 4.98 Å². The van der Waals surface area contributed by atoms with Crippen molar-refractivity contribution in [3.8, 4) is 11.5 Å². The van der Waals surface area contributed by atoms with Crippen molar-refractivity contribution in [1.29, 1.82) is 0 Å². The zero-order valence-electron chi connectivity index (χ0n) is 18.9. The molecule has 0 spiro atoms. The van der Waals surface area contributed by atoms with E-state index in [1.165, 1.54) is 12.8 Å². The van der Waals surface area contributed by atoms with Gasteiger partial charge in [-0.2, -0.15) is 4.98 Å². The van der Waals surface area contributed by atoms with E-state index in [4.69, 9.17) is 15.2 Å². The predicted octanol–water partition coefficient (Wildman–Crippen LogP) is 4.61. The number of anilines is 4. The van der Waals surface area contributed by atoms with Crippen LogP contribution in [0, 0.1) is 0 Å². The minimum absolute atomic E-state index is 0.262. The van der Waals surface area contributed by atoms with Crippen LogP contribution in [0.3, 0.4) is 0 Å². The molecule has 4 N–H and O–H groups in total. The number of rotatable bonds is 11. The number of unbranched alkanes of at least 4 members (excludes halogenated alkanes) is 2. The lowest BCUT2D eigenvalue weighted by atomic mass is 10.2. The molecule has 4 rings (SSSR count). The summed E-state index contributed by atoms with van der Waals surface area (Å²) in [5.41, 5.74) is 8.62. The maximum atomic E-state index is 5.95. The molecule has 0 bridgehead atoms. The highest BCUT2D eigenvalue weighted by Gasteiger charge is 2.14. The molecule has 0 saturated heterocycles. The van der Waals surface area contributed by atoms with Crippen molar-refractivity contribution in [2.24, 2.45) is 0 Å². The van der Waals surface area contributed by atoms with Crippen LogP contribution in [0.15, 0.2) is 36.4 Å². The monoisotopic (exact) mass is 436 g/mol. The molecule has 1 aliphatic rings. The highest BCUT2D eigenvalue weighted by molar-refractivity contribution is 5.93. The fraction of sp³-hybridized carbons (Fsp3) is 0.417. The summed E-state index contributed by atoms with van der Waals surface area (Å²) < 4.78 is 10.9. The Morgan fingerprint density at radius 3 is 2.56 bits per heavy atom. The molecular weight excluding hydrogens is 404 g/mol. The van der Waals surface area contributed by atoms with Crippen molar-refractivity contribution in [2.75, 3.05) is 49.3 Å². The van der Waals surface area contributed by atoms with E-state index in [-0.39, 0.29) is 12.7 Å². The van der Waals surface area contributed by atoms with Gasteiger partial charge in [0.1, 0.15) is 5.82 Å². The number of hydrogen-bond acceptors (Lipinski definition) is 8. The summed E-state index contributed by atoms with van der Waals surface area (Å²) in [4.78, 5) is 11.3. The summed E-state index contributed by atoms with van der Waals surface area (Å²) >= 11 is 0. The Bertz CT molecular complexity index is 1050. The van der Waals surface area contributed by atoms with Crippen molar-refractivity contribution in [3.05, 3.63) is 36.4 Å². The molecule has 0 radical (unpaired) electrons. The highest BCUT2D eigenvalue weighted by Crippen LogP contribution is 2.35. The molecule has 2 aromatic carbocycles. The Balaban J connectivity index is 1.41. The number of nitrogens with two attached hydrogens (primary N) is 1. The van der Waals surface area contributed by atoms with Crippen molar-refractivity contribution < 1.29 is 9.47 Å². The van der Waals surface area contributed by atoms with Gasteiger partial charge in [-0.15, -0.1) is 0 Å². The first-order valence-electron chi connectivity index (χ1n) is 11.4. The van der Waals surface area contributed by atoms with Crippen LogP contribution in [-0.4, -0.2) is 47.8 Å². The van der Waals surface area contributed by atoms with Crippen LogP contribution in [0.2, 0.25) is 0 Å². The van der Waals surface area contributed by atoms with Gasteiger partial charge >= 0.3 is 0 Å². The third-order valence-corrected chi connectivity index (χ3v) is 5.71. The second-order valence-electron chi connectivity index (χ2n) is 7.87. The maximum absolute atomic E-state index is 5.95. The summed E-state index contributed by atoms with van der Waals surface area (Å²) in [7, 11) is 0. The lowest BCUT2D eigenvalue weighted by Gasteiger charge is -2.17. The van der Waals surface area contributed by atoms with Gasteiger partial charge in [-0.05, 0) is 62.8 Å². The molecule has 8 heteroatoms. The van der Waals surface area contributed by atoms with Crippen LogP contribution in [0.25, 0.3) is 10.9 Å². The van der Waals surface area contributed by atoms with Gasteiger partial charge in [0.15, 0.2) is 11.5 Å². The normalized spacial score (nSPS) is 12.5. The first-order valence-corrected chi connectivity index (χ1v) is 11.4. The highest BCUT2D eigenvalue weighted by atomic mass is 16.7. The quantitative estimate of drug-likeness (QED) is 0.375. The molecule has 1 aliphatic heterocycles. The average Bonchev–Trinajstić information content (AvgIpc) is 3.27. The number of hydrogen-bond donors (Lipinski definition) is 3. The van der Waals surface area contributed by atoms with Gasteiger partial charge in [-0.1, -0.05) is 20.3 Å². The molecule has 0 fully saturated rings. The first-order chi connectivity index (χ1) is 15.7. The van der Waals surface area contributed by atoms with Gasteiger partial charge in [-0.3, -0.25) is 0 Å². The van der Waals surface area contributed by atoms with Crippen molar-refractivity contribution >= 4 is 34.0 Å². The smallest absolute Gasteiger partial charge is 0.231 e. The summed E-state index contributed by atoms with van der Waals surface area (Å²) in [5.74, 6) is 2.56. The van der Waals surface area contributed by atoms with E-state index >= 15 is 0 Å². The largest absolute Gasteiger partial charge is 0.454 e. The molecule has 1 aromatic heterocycles. The van der Waals surface area contributed by atoms with Gasteiger partial charge in [0.25, 0.3) is 0 Å². The molecule has 0 unspecified atom stereocenters. The number of aromatic nitrogens is 2. The Morgan fingerprint density at radius 1 is 0.938 bits per heavy atom. The fourth-order valence-electron chi connectivity index (χ4n) is 3.88. The van der Waals surface area contributed by atoms with Crippen LogP contribution in [0.4, 0.5) is 23.1 Å². The predicted molar refractivity (Wildman–Crippen MR) is 130 cm³/mol. The standard InChI is InChI=1S/C24H32N6O2/c1-3-30(4-2)13-7-5-6-12-26-23-19-14-17(8-10-20(19)28-24(25)29-23)27-18-9-11-21-22(15-18)32-16-31-21/h8-11,14-15,27H,3-7,12-13,16H2,1-2H3,(H3,25,26,28,29). The van der Waals surface area contributed by atoms with Crippen molar-refractivity contribution in [3.63, 3.8) is 0 Å². The molecule has 2 heterocycles. The fourth-order valence-corrected chi connectivity index (χ4v) is 3.88. The molecule has 3 aromatic rings. The number of benzene rings is 2. The van der Waals surface area contributed by atoms with E-state index in [0.717, 1.165) is 72.2 Å². The molecule has 8 nitrogen and oxygen atoms in total. The number of ether oxygens (including phenoxy) is 2. The van der Waals surface area contributed by atoms with Crippen molar-refractivity contribution in [2.45, 2.75) is 33.1 Å². The van der Waals surface area contributed by atoms with E-state index < -0.39 is 0 Å². The van der Waals surface area contributed by atoms with Gasteiger partial charge in [0, 0.05) is 29.4 Å². The Hall–Kier alpha value is -3.26. The van der Waals surface area contributed by atoms with Crippen LogP contribution in [-0.2, 0) is 0 Å². The van der Waals surface area contributed by atoms with E-state index in [1.54, 1.807) is 0 Å². The van der Waals surface area contributed by atoms with E-state index in [0.29, 0.717) is 0 Å². The summed E-state index contributed by atoms with van der Waals surface area (Å²) in [5, 5.41) is 7.82. The third kappa shape index (κ3) is 5.31. The van der Waals surface area contributed by atoms with Crippen LogP contribution >= 0.6 is 0 Å². The molecule has 0 aliphatic carbocycles. The Morgan fingerprint density at radius 2 is 1.72 bits per heavy atom. The van der Waals surface area contributed by atoms with Crippen LogP contribution in [0.1, 0.15) is 33.1 Å². The lowest BCUT2D eigenvalue weighted by molar-refractivity contribution is 0.174. The molecular formula is C24H32N6O2. The SMILES string of the molecule is CCN(CC)CCCCCNc1nc(N)nc2ccc(Nc3ccc4c(c3)OCO4)cc12. The number of nitrogens with one attached hydrogen (secondary N) is 2.